The van der Waals surface area contributed by atoms with Gasteiger partial charge in [0.15, 0.2) is 5.75 Å². The molecule has 22 heavy (non-hydrogen) atoms. The van der Waals surface area contributed by atoms with Crippen molar-refractivity contribution in [3.63, 3.8) is 0 Å². The highest BCUT2D eigenvalue weighted by Crippen LogP contribution is 2.37. The molecular formula is C17H24ClN3O. The second-order valence-electron chi connectivity index (χ2n) is 5.57. The predicted molar refractivity (Wildman–Crippen MR) is 90.9 cm³/mol. The van der Waals surface area contributed by atoms with Crippen LogP contribution in [0.3, 0.4) is 0 Å². The Labute approximate surface area is 138 Å². The third-order valence-electron chi connectivity index (χ3n) is 4.17. The molecule has 0 saturated carbocycles. The van der Waals surface area contributed by atoms with Gasteiger partial charge in [0.1, 0.15) is 0 Å². The Morgan fingerprint density at radius 2 is 2.00 bits per heavy atom. The van der Waals surface area contributed by atoms with Crippen LogP contribution in [0.4, 0.5) is 5.69 Å². The van der Waals surface area contributed by atoms with Crippen molar-refractivity contribution in [2.24, 2.45) is 0 Å². The van der Waals surface area contributed by atoms with Gasteiger partial charge in [-0.05, 0) is 37.1 Å². The Morgan fingerprint density at radius 1 is 1.27 bits per heavy atom. The highest BCUT2D eigenvalue weighted by atomic mass is 35.5. The third kappa shape index (κ3) is 4.06. The lowest BCUT2D eigenvalue weighted by Crippen LogP contribution is -2.46. The van der Waals surface area contributed by atoms with Gasteiger partial charge in [0.25, 0.3) is 0 Å². The Hall–Kier alpha value is -1.44. The zero-order chi connectivity index (χ0) is 15.9. The minimum atomic E-state index is 0.641. The van der Waals surface area contributed by atoms with Gasteiger partial charge in [0.05, 0.1) is 23.9 Å². The molecule has 1 fully saturated rings. The van der Waals surface area contributed by atoms with Gasteiger partial charge in [0.2, 0.25) is 0 Å². The van der Waals surface area contributed by atoms with Gasteiger partial charge in [-0.2, -0.15) is 5.26 Å². The number of anilines is 1. The van der Waals surface area contributed by atoms with Gasteiger partial charge < -0.3 is 9.64 Å². The topological polar surface area (TPSA) is 39.5 Å². The van der Waals surface area contributed by atoms with Crippen molar-refractivity contribution in [1.29, 1.82) is 5.26 Å². The van der Waals surface area contributed by atoms with Gasteiger partial charge in [-0.1, -0.05) is 18.5 Å². The van der Waals surface area contributed by atoms with Crippen LogP contribution in [-0.2, 0) is 6.42 Å². The van der Waals surface area contributed by atoms with E-state index in [0.717, 1.165) is 57.0 Å². The number of ether oxygens (including phenoxy) is 1. The summed E-state index contributed by atoms with van der Waals surface area (Å²) in [4.78, 5) is 4.77. The molecule has 0 atom stereocenters. The first kappa shape index (κ1) is 16.9. The number of piperazine rings is 1. The molecule has 0 amide bonds. The van der Waals surface area contributed by atoms with E-state index < -0.39 is 0 Å². The molecule has 0 bridgehead atoms. The number of halogens is 1. The summed E-state index contributed by atoms with van der Waals surface area (Å²) in [6.07, 6.45) is 2.56. The zero-order valence-corrected chi connectivity index (χ0v) is 14.2. The van der Waals surface area contributed by atoms with E-state index in [-0.39, 0.29) is 0 Å². The molecule has 1 aromatic rings. The van der Waals surface area contributed by atoms with Crippen LogP contribution in [0.25, 0.3) is 0 Å². The fraction of sp³-hybridized carbons (Fsp3) is 0.588. The number of hydrogen-bond donors (Lipinski definition) is 0. The first-order chi connectivity index (χ1) is 10.7. The van der Waals surface area contributed by atoms with E-state index in [1.165, 1.54) is 5.56 Å². The van der Waals surface area contributed by atoms with E-state index in [0.29, 0.717) is 11.4 Å². The number of nitrogens with zero attached hydrogens (tertiary/aromatic N) is 3. The summed E-state index contributed by atoms with van der Waals surface area (Å²) in [6, 6.07) is 6.39. The van der Waals surface area contributed by atoms with Crippen molar-refractivity contribution >= 4 is 17.3 Å². The molecule has 1 heterocycles. The van der Waals surface area contributed by atoms with Crippen molar-refractivity contribution in [3.8, 4) is 11.8 Å². The first-order valence-corrected chi connectivity index (χ1v) is 8.28. The minimum absolute atomic E-state index is 0.641. The smallest absolute Gasteiger partial charge is 0.160 e. The lowest BCUT2D eigenvalue weighted by Gasteiger charge is -2.37. The quantitative estimate of drug-likeness (QED) is 0.753. The summed E-state index contributed by atoms with van der Waals surface area (Å²) >= 11 is 6.35. The largest absolute Gasteiger partial charge is 0.493 e. The van der Waals surface area contributed by atoms with E-state index in [1.807, 2.05) is 6.07 Å². The van der Waals surface area contributed by atoms with Gasteiger partial charge in [-0.15, -0.1) is 0 Å². The highest BCUT2D eigenvalue weighted by Gasteiger charge is 2.21. The van der Waals surface area contributed by atoms with E-state index in [4.69, 9.17) is 21.6 Å². The summed E-state index contributed by atoms with van der Waals surface area (Å²) in [5.74, 6) is 0.775. The van der Waals surface area contributed by atoms with Crippen LogP contribution in [-0.4, -0.2) is 44.7 Å². The first-order valence-electron chi connectivity index (χ1n) is 7.90. The van der Waals surface area contributed by atoms with Gasteiger partial charge in [-0.3, -0.25) is 4.90 Å². The fourth-order valence-corrected chi connectivity index (χ4v) is 3.18. The number of nitriles is 1. The minimum Gasteiger partial charge on any atom is -0.493 e. The molecule has 1 aromatic carbocycles. The lowest BCUT2D eigenvalue weighted by atomic mass is 10.1. The fourth-order valence-electron chi connectivity index (χ4n) is 2.87. The molecule has 0 unspecified atom stereocenters. The van der Waals surface area contributed by atoms with Gasteiger partial charge >= 0.3 is 0 Å². The number of methoxy groups -OCH3 is 1. The number of rotatable bonds is 6. The van der Waals surface area contributed by atoms with Crippen LogP contribution >= 0.6 is 11.6 Å². The van der Waals surface area contributed by atoms with Gasteiger partial charge in [0, 0.05) is 32.6 Å². The Bertz CT molecular complexity index is 533. The predicted octanol–water partition coefficient (Wildman–Crippen LogP) is 3.34. The van der Waals surface area contributed by atoms with Crippen molar-refractivity contribution in [2.75, 3.05) is 44.7 Å². The standard InChI is InChI=1S/C17H24ClN3O/c1-3-14-12-15(18)17(22-2)16(13-14)21-10-8-20(9-11-21)7-5-4-6-19/h12-13H,3-5,7-11H2,1-2H3. The molecule has 4 nitrogen and oxygen atoms in total. The molecule has 0 radical (unpaired) electrons. The molecule has 0 aliphatic carbocycles. The number of benzene rings is 1. The Balaban J connectivity index is 2.04. The van der Waals surface area contributed by atoms with Crippen molar-refractivity contribution in [1.82, 2.24) is 4.90 Å². The summed E-state index contributed by atoms with van der Waals surface area (Å²) in [5, 5.41) is 9.30. The third-order valence-corrected chi connectivity index (χ3v) is 4.45. The van der Waals surface area contributed by atoms with E-state index >= 15 is 0 Å². The molecule has 2 rings (SSSR count). The van der Waals surface area contributed by atoms with Crippen LogP contribution in [0.2, 0.25) is 5.02 Å². The van der Waals surface area contributed by atoms with Crippen molar-refractivity contribution < 1.29 is 4.74 Å². The summed E-state index contributed by atoms with van der Waals surface area (Å²) < 4.78 is 5.51. The summed E-state index contributed by atoms with van der Waals surface area (Å²) in [7, 11) is 1.68. The maximum Gasteiger partial charge on any atom is 0.160 e. The normalized spacial score (nSPS) is 15.6. The highest BCUT2D eigenvalue weighted by molar-refractivity contribution is 6.32. The molecule has 0 N–H and O–H groups in total. The molecular weight excluding hydrogens is 298 g/mol. The Kier molecular flexibility index (Phi) is 6.35. The molecule has 120 valence electrons. The van der Waals surface area contributed by atoms with Crippen molar-refractivity contribution in [3.05, 3.63) is 22.7 Å². The summed E-state index contributed by atoms with van der Waals surface area (Å²) in [6.45, 7) is 7.10. The van der Waals surface area contributed by atoms with Crippen molar-refractivity contribution in [2.45, 2.75) is 26.2 Å². The van der Waals surface area contributed by atoms with E-state index in [2.05, 4.69) is 28.9 Å². The Morgan fingerprint density at radius 3 is 2.59 bits per heavy atom. The molecule has 0 aromatic heterocycles. The lowest BCUT2D eigenvalue weighted by molar-refractivity contribution is 0.255. The molecule has 1 aliphatic rings. The van der Waals surface area contributed by atoms with E-state index in [1.54, 1.807) is 7.11 Å². The number of hydrogen-bond acceptors (Lipinski definition) is 4. The number of unbranched alkanes of at least 4 members (excludes halogenated alkanes) is 1. The van der Waals surface area contributed by atoms with Crippen LogP contribution in [0.1, 0.15) is 25.3 Å². The monoisotopic (exact) mass is 321 g/mol. The van der Waals surface area contributed by atoms with Crippen LogP contribution in [0.15, 0.2) is 12.1 Å². The van der Waals surface area contributed by atoms with E-state index in [9.17, 15) is 0 Å². The molecule has 1 aliphatic heterocycles. The molecule has 0 spiro atoms. The molecule has 5 heteroatoms. The van der Waals surface area contributed by atoms with Crippen LogP contribution < -0.4 is 9.64 Å². The maximum atomic E-state index is 8.62. The zero-order valence-electron chi connectivity index (χ0n) is 13.4. The average molecular weight is 322 g/mol. The van der Waals surface area contributed by atoms with Gasteiger partial charge in [-0.25, -0.2) is 0 Å². The SMILES string of the molecule is CCc1cc(Cl)c(OC)c(N2CCN(CCCC#N)CC2)c1. The number of aryl methyl sites for hydroxylation is 1. The second kappa shape index (κ2) is 8.26. The maximum absolute atomic E-state index is 8.62. The summed E-state index contributed by atoms with van der Waals surface area (Å²) in [5.41, 5.74) is 2.33. The van der Waals surface area contributed by atoms with Crippen LogP contribution in [0.5, 0.6) is 5.75 Å². The second-order valence-corrected chi connectivity index (χ2v) is 5.98. The molecule has 1 saturated heterocycles. The average Bonchev–Trinajstić information content (AvgIpc) is 2.55. The van der Waals surface area contributed by atoms with Crippen LogP contribution in [0, 0.1) is 11.3 Å².